The maximum Gasteiger partial charge on any atom is 0.0897 e. The quantitative estimate of drug-likeness (QED) is 0.779. The van der Waals surface area contributed by atoms with E-state index in [2.05, 4.69) is 36.5 Å². The molecule has 1 aromatic rings. The van der Waals surface area contributed by atoms with Crippen molar-refractivity contribution < 1.29 is 0 Å². The van der Waals surface area contributed by atoms with Gasteiger partial charge >= 0.3 is 0 Å². The lowest BCUT2D eigenvalue weighted by Gasteiger charge is -2.17. The summed E-state index contributed by atoms with van der Waals surface area (Å²) in [6, 6.07) is 0. The number of thiazole rings is 1. The van der Waals surface area contributed by atoms with Crippen LogP contribution in [0.2, 0.25) is 0 Å². The summed E-state index contributed by atoms with van der Waals surface area (Å²) in [4.78, 5) is 4.41. The molecule has 0 saturated heterocycles. The average molecular weight is 226 g/mol. The summed E-state index contributed by atoms with van der Waals surface area (Å²) >= 11 is 1.72. The van der Waals surface area contributed by atoms with Crippen molar-refractivity contribution in [3.8, 4) is 0 Å². The lowest BCUT2D eigenvalue weighted by Crippen LogP contribution is -2.17. The van der Waals surface area contributed by atoms with Gasteiger partial charge in [-0.2, -0.15) is 0 Å². The largest absolute Gasteiger partial charge is 0.311 e. The number of nitrogens with one attached hydrogen (secondary N) is 1. The molecule has 0 spiro atoms. The molecule has 0 radical (unpaired) electrons. The van der Waals surface area contributed by atoms with Crippen molar-refractivity contribution in [2.45, 2.75) is 47.1 Å². The summed E-state index contributed by atoms with van der Waals surface area (Å²) in [5, 5.41) is 6.72. The number of rotatable bonds is 5. The van der Waals surface area contributed by atoms with Crippen molar-refractivity contribution in [1.82, 2.24) is 10.3 Å². The monoisotopic (exact) mass is 226 g/mol. The van der Waals surface area contributed by atoms with Gasteiger partial charge in [0.2, 0.25) is 0 Å². The maximum absolute atomic E-state index is 4.41. The number of nitrogens with zero attached hydrogens (tertiary/aromatic N) is 1. The van der Waals surface area contributed by atoms with Gasteiger partial charge in [-0.3, -0.25) is 0 Å². The topological polar surface area (TPSA) is 24.9 Å². The fraction of sp³-hybridized carbons (Fsp3) is 0.750. The molecule has 0 fully saturated rings. The van der Waals surface area contributed by atoms with Crippen molar-refractivity contribution in [1.29, 1.82) is 0 Å². The molecule has 1 rings (SSSR count). The van der Waals surface area contributed by atoms with E-state index in [9.17, 15) is 0 Å². The Morgan fingerprint density at radius 3 is 2.67 bits per heavy atom. The van der Waals surface area contributed by atoms with Gasteiger partial charge in [0.1, 0.15) is 0 Å². The molecule has 0 aliphatic rings. The number of aryl methyl sites for hydroxylation is 1. The molecule has 0 saturated carbocycles. The molecule has 1 N–H and O–H groups in total. The third kappa shape index (κ3) is 5.90. The molecule has 1 heterocycles. The second-order valence-corrected chi connectivity index (χ2v) is 6.26. The first-order valence-electron chi connectivity index (χ1n) is 5.59. The highest BCUT2D eigenvalue weighted by Gasteiger charge is 2.08. The molecule has 0 atom stereocenters. The minimum atomic E-state index is 0.457. The number of aromatic nitrogens is 1. The van der Waals surface area contributed by atoms with Crippen LogP contribution in [0.15, 0.2) is 5.38 Å². The zero-order valence-corrected chi connectivity index (χ0v) is 11.1. The normalized spacial score (nSPS) is 12.0. The van der Waals surface area contributed by atoms with E-state index in [-0.39, 0.29) is 0 Å². The van der Waals surface area contributed by atoms with Crippen LogP contribution in [0, 0.1) is 12.3 Å². The fourth-order valence-electron chi connectivity index (χ4n) is 1.45. The van der Waals surface area contributed by atoms with Gasteiger partial charge in [-0.1, -0.05) is 20.8 Å². The summed E-state index contributed by atoms with van der Waals surface area (Å²) in [7, 11) is 0. The summed E-state index contributed by atoms with van der Waals surface area (Å²) in [6.45, 7) is 10.9. The Hall–Kier alpha value is -0.410. The zero-order valence-electron chi connectivity index (χ0n) is 10.3. The van der Waals surface area contributed by atoms with Crippen LogP contribution < -0.4 is 5.32 Å². The molecule has 0 aromatic carbocycles. The molecule has 3 heteroatoms. The standard InChI is InChI=1S/C12H22N2S/c1-10-14-11(9-15-10)8-13-7-5-6-12(2,3)4/h9,13H,5-8H2,1-4H3. The summed E-state index contributed by atoms with van der Waals surface area (Å²) in [5.74, 6) is 0. The van der Waals surface area contributed by atoms with Crippen LogP contribution in [0.25, 0.3) is 0 Å². The van der Waals surface area contributed by atoms with E-state index in [1.54, 1.807) is 11.3 Å². The second kappa shape index (κ2) is 5.61. The molecule has 0 unspecified atom stereocenters. The molecule has 2 nitrogen and oxygen atoms in total. The van der Waals surface area contributed by atoms with E-state index in [0.717, 1.165) is 18.1 Å². The smallest absolute Gasteiger partial charge is 0.0897 e. The number of hydrogen-bond donors (Lipinski definition) is 1. The van der Waals surface area contributed by atoms with Crippen LogP contribution in [0.4, 0.5) is 0 Å². The van der Waals surface area contributed by atoms with Crippen LogP contribution in [0.3, 0.4) is 0 Å². The SMILES string of the molecule is Cc1nc(CNCCCC(C)(C)C)cs1. The summed E-state index contributed by atoms with van der Waals surface area (Å²) in [6.07, 6.45) is 2.52. The van der Waals surface area contributed by atoms with E-state index in [1.807, 2.05) is 6.92 Å². The first-order valence-corrected chi connectivity index (χ1v) is 6.47. The number of hydrogen-bond acceptors (Lipinski definition) is 3. The molecule has 0 aliphatic carbocycles. The van der Waals surface area contributed by atoms with E-state index >= 15 is 0 Å². The molecule has 86 valence electrons. The van der Waals surface area contributed by atoms with Gasteiger partial charge in [0.05, 0.1) is 10.7 Å². The highest BCUT2D eigenvalue weighted by atomic mass is 32.1. The van der Waals surface area contributed by atoms with Crippen LogP contribution in [-0.4, -0.2) is 11.5 Å². The Labute approximate surface area is 97.1 Å². The fourth-order valence-corrected chi connectivity index (χ4v) is 2.06. The average Bonchev–Trinajstić information content (AvgIpc) is 2.49. The Kier molecular flexibility index (Phi) is 4.74. The first-order chi connectivity index (χ1) is 6.97. The van der Waals surface area contributed by atoms with Crippen LogP contribution >= 0.6 is 11.3 Å². The zero-order chi connectivity index (χ0) is 11.3. The minimum absolute atomic E-state index is 0.457. The maximum atomic E-state index is 4.41. The van der Waals surface area contributed by atoms with E-state index in [1.165, 1.54) is 18.5 Å². The third-order valence-corrected chi connectivity index (χ3v) is 3.08. The van der Waals surface area contributed by atoms with Crippen LogP contribution in [0.1, 0.15) is 44.3 Å². The van der Waals surface area contributed by atoms with Gasteiger partial charge in [-0.15, -0.1) is 11.3 Å². The summed E-state index contributed by atoms with van der Waals surface area (Å²) < 4.78 is 0. The van der Waals surface area contributed by atoms with Gasteiger partial charge in [-0.05, 0) is 31.7 Å². The van der Waals surface area contributed by atoms with E-state index in [4.69, 9.17) is 0 Å². The first kappa shape index (κ1) is 12.7. The van der Waals surface area contributed by atoms with Gasteiger partial charge in [0.25, 0.3) is 0 Å². The lowest BCUT2D eigenvalue weighted by molar-refractivity contribution is 0.361. The van der Waals surface area contributed by atoms with Crippen molar-refractivity contribution >= 4 is 11.3 Å². The van der Waals surface area contributed by atoms with Crippen molar-refractivity contribution in [3.05, 3.63) is 16.1 Å². The van der Waals surface area contributed by atoms with Gasteiger partial charge in [0.15, 0.2) is 0 Å². The van der Waals surface area contributed by atoms with Crippen LogP contribution in [0.5, 0.6) is 0 Å². The van der Waals surface area contributed by atoms with Gasteiger partial charge in [-0.25, -0.2) is 4.98 Å². The van der Waals surface area contributed by atoms with E-state index < -0.39 is 0 Å². The highest BCUT2D eigenvalue weighted by molar-refractivity contribution is 7.09. The summed E-state index contributed by atoms with van der Waals surface area (Å²) in [5.41, 5.74) is 1.63. The Morgan fingerprint density at radius 1 is 1.40 bits per heavy atom. The third-order valence-electron chi connectivity index (χ3n) is 2.25. The Bertz CT molecular complexity index is 286. The highest BCUT2D eigenvalue weighted by Crippen LogP contribution is 2.19. The lowest BCUT2D eigenvalue weighted by atomic mass is 9.91. The van der Waals surface area contributed by atoms with E-state index in [0.29, 0.717) is 5.41 Å². The van der Waals surface area contributed by atoms with Gasteiger partial charge in [0, 0.05) is 11.9 Å². The molecular weight excluding hydrogens is 204 g/mol. The molecule has 1 aromatic heterocycles. The molecular formula is C12H22N2S. The second-order valence-electron chi connectivity index (χ2n) is 5.20. The molecule has 0 aliphatic heterocycles. The van der Waals surface area contributed by atoms with Crippen LogP contribution in [-0.2, 0) is 6.54 Å². The van der Waals surface area contributed by atoms with Gasteiger partial charge < -0.3 is 5.32 Å². The molecule has 0 bridgehead atoms. The van der Waals surface area contributed by atoms with Crippen molar-refractivity contribution in [2.24, 2.45) is 5.41 Å². The van der Waals surface area contributed by atoms with Crippen molar-refractivity contribution in [2.75, 3.05) is 6.54 Å². The molecule has 0 amide bonds. The predicted octanol–water partition coefficient (Wildman–Crippen LogP) is 3.37. The Balaban J connectivity index is 2.07. The Morgan fingerprint density at radius 2 is 2.13 bits per heavy atom. The minimum Gasteiger partial charge on any atom is -0.311 e. The van der Waals surface area contributed by atoms with Crippen molar-refractivity contribution in [3.63, 3.8) is 0 Å². The molecule has 15 heavy (non-hydrogen) atoms. The predicted molar refractivity (Wildman–Crippen MR) is 67.2 cm³/mol.